The Labute approximate surface area is 338 Å². The summed E-state index contributed by atoms with van der Waals surface area (Å²) in [6.45, 7) is 4.38. The highest BCUT2D eigenvalue weighted by Crippen LogP contribution is 2.55. The van der Waals surface area contributed by atoms with Gasteiger partial charge in [-0.2, -0.15) is 0 Å². The Hall–Kier alpha value is -5.88. The molecule has 2 aliphatic carbocycles. The number of carbonyl (C=O) groups is 4. The second-order valence-electron chi connectivity index (χ2n) is 16.1. The molecular formula is C52H48O6. The number of ether oxygens (including phenoxy) is 2. The molecule has 292 valence electrons. The third-order valence-corrected chi connectivity index (χ3v) is 12.4. The summed E-state index contributed by atoms with van der Waals surface area (Å²) in [6, 6.07) is 26.7. The molecule has 0 atom stereocenters. The zero-order chi connectivity index (χ0) is 39.9. The first kappa shape index (κ1) is 37.7. The van der Waals surface area contributed by atoms with Crippen molar-refractivity contribution in [2.75, 3.05) is 0 Å². The summed E-state index contributed by atoms with van der Waals surface area (Å²) >= 11 is 0. The Morgan fingerprint density at radius 3 is 1.19 bits per heavy atom. The SMILES string of the molecule is CCCCCCCCC(=O)Oc1cc2c3c(ccc4c5ccc6c7c(cc(OC(=O)CCCCCCCC)c(c1c34)c75)-c1ccccc1C6=O)C(=O)c1ccccc1-2. The average molecular weight is 769 g/mol. The van der Waals surface area contributed by atoms with Crippen LogP contribution in [0.2, 0.25) is 0 Å². The fraction of sp³-hybridized carbons (Fsp3) is 0.308. The molecule has 6 nitrogen and oxygen atoms in total. The Balaban J connectivity index is 1.30. The molecule has 7 aromatic rings. The molecule has 0 radical (unpaired) electrons. The van der Waals surface area contributed by atoms with Gasteiger partial charge in [0.15, 0.2) is 11.6 Å². The summed E-state index contributed by atoms with van der Waals surface area (Å²) < 4.78 is 12.9. The Morgan fingerprint density at radius 2 is 0.776 bits per heavy atom. The number of unbranched alkanes of at least 4 members (excludes halogenated alkanes) is 10. The number of benzene rings is 7. The number of esters is 2. The van der Waals surface area contributed by atoms with E-state index < -0.39 is 0 Å². The molecule has 0 fully saturated rings. The quantitative estimate of drug-likeness (QED) is 0.0320. The van der Waals surface area contributed by atoms with Gasteiger partial charge in [-0.3, -0.25) is 19.2 Å². The van der Waals surface area contributed by atoms with Crippen molar-refractivity contribution in [1.82, 2.24) is 0 Å². The van der Waals surface area contributed by atoms with Crippen LogP contribution in [0.3, 0.4) is 0 Å². The maximum absolute atomic E-state index is 14.2. The Bertz CT molecular complexity index is 2600. The summed E-state index contributed by atoms with van der Waals surface area (Å²) in [5.41, 5.74) is 5.51. The molecule has 0 saturated carbocycles. The van der Waals surface area contributed by atoms with Gasteiger partial charge >= 0.3 is 11.9 Å². The maximum atomic E-state index is 14.2. The van der Waals surface area contributed by atoms with Crippen LogP contribution in [0.25, 0.3) is 65.3 Å². The molecule has 0 amide bonds. The van der Waals surface area contributed by atoms with Gasteiger partial charge in [0.1, 0.15) is 11.5 Å². The van der Waals surface area contributed by atoms with Crippen LogP contribution < -0.4 is 9.47 Å². The van der Waals surface area contributed by atoms with Crippen LogP contribution in [0.15, 0.2) is 84.9 Å². The van der Waals surface area contributed by atoms with Gasteiger partial charge in [0.2, 0.25) is 0 Å². The van der Waals surface area contributed by atoms with Gasteiger partial charge in [-0.15, -0.1) is 0 Å². The molecule has 2 aliphatic rings. The highest BCUT2D eigenvalue weighted by Gasteiger charge is 2.34. The first-order valence-electron chi connectivity index (χ1n) is 21.4. The normalized spacial score (nSPS) is 12.8. The summed E-state index contributed by atoms with van der Waals surface area (Å²) in [5, 5.41) is 6.02. The molecule has 0 saturated heterocycles. The fourth-order valence-electron chi connectivity index (χ4n) is 9.56. The summed E-state index contributed by atoms with van der Waals surface area (Å²) in [5.74, 6) is -0.119. The molecule has 0 bridgehead atoms. The van der Waals surface area contributed by atoms with Crippen molar-refractivity contribution in [2.45, 2.75) is 104 Å². The van der Waals surface area contributed by atoms with Gasteiger partial charge in [-0.05, 0) is 70.1 Å². The van der Waals surface area contributed by atoms with Gasteiger partial charge in [0, 0.05) is 67.4 Å². The standard InChI is InChI=1S/C52H48O6/c1-3-5-7-9-11-13-23-43(53)57-41-29-39-31-19-15-17-21-35(31)51(55)37-27-25-33-34-26-28-38-46-40(32-20-16-18-22-36(32)52(38)56)30-42(50(48(34)46)49(41)47(33)45(37)39)58-44(54)24-14-12-10-8-6-4-2/h15-22,25-30H,3-14,23-24H2,1-2H3. The molecule has 0 unspecified atom stereocenters. The first-order chi connectivity index (χ1) is 28.4. The van der Waals surface area contributed by atoms with E-state index in [1.54, 1.807) is 0 Å². The van der Waals surface area contributed by atoms with Crippen molar-refractivity contribution in [2.24, 2.45) is 0 Å². The lowest BCUT2D eigenvalue weighted by molar-refractivity contribution is -0.135. The predicted molar refractivity (Wildman–Crippen MR) is 233 cm³/mol. The molecule has 0 N–H and O–H groups in total. The van der Waals surface area contributed by atoms with Crippen LogP contribution in [0.4, 0.5) is 0 Å². The molecule has 6 heteroatoms. The van der Waals surface area contributed by atoms with E-state index in [1.165, 1.54) is 12.8 Å². The maximum Gasteiger partial charge on any atom is 0.311 e. The molecule has 9 rings (SSSR count). The smallest absolute Gasteiger partial charge is 0.311 e. The van der Waals surface area contributed by atoms with Crippen LogP contribution >= 0.6 is 0 Å². The van der Waals surface area contributed by atoms with Crippen LogP contribution in [0.5, 0.6) is 11.5 Å². The van der Waals surface area contributed by atoms with Gasteiger partial charge in [-0.25, -0.2) is 0 Å². The minimum absolute atomic E-state index is 0.0720. The molecule has 0 aliphatic heterocycles. The van der Waals surface area contributed by atoms with Crippen LogP contribution in [-0.2, 0) is 9.59 Å². The monoisotopic (exact) mass is 768 g/mol. The van der Waals surface area contributed by atoms with Crippen molar-refractivity contribution in [3.8, 4) is 33.8 Å². The lowest BCUT2D eigenvalue weighted by atomic mass is 9.76. The third-order valence-electron chi connectivity index (χ3n) is 12.4. The zero-order valence-electron chi connectivity index (χ0n) is 33.4. The minimum Gasteiger partial charge on any atom is -0.426 e. The van der Waals surface area contributed by atoms with Crippen molar-refractivity contribution in [3.63, 3.8) is 0 Å². The average Bonchev–Trinajstić information content (AvgIpc) is 3.24. The summed E-state index contributed by atoms with van der Waals surface area (Å²) in [4.78, 5) is 56.2. The van der Waals surface area contributed by atoms with Gasteiger partial charge in [0.25, 0.3) is 0 Å². The van der Waals surface area contributed by atoms with Crippen molar-refractivity contribution in [3.05, 3.63) is 107 Å². The van der Waals surface area contributed by atoms with Crippen LogP contribution in [-0.4, -0.2) is 23.5 Å². The highest BCUT2D eigenvalue weighted by atomic mass is 16.5. The van der Waals surface area contributed by atoms with E-state index in [2.05, 4.69) is 13.8 Å². The number of hydrogen-bond donors (Lipinski definition) is 0. The van der Waals surface area contributed by atoms with Crippen LogP contribution in [0.1, 0.15) is 136 Å². The third kappa shape index (κ3) is 6.34. The molecule has 0 spiro atoms. The van der Waals surface area contributed by atoms with E-state index >= 15 is 0 Å². The topological polar surface area (TPSA) is 86.7 Å². The fourth-order valence-corrected chi connectivity index (χ4v) is 9.56. The molecule has 58 heavy (non-hydrogen) atoms. The van der Waals surface area contributed by atoms with E-state index in [9.17, 15) is 19.2 Å². The van der Waals surface area contributed by atoms with Gasteiger partial charge in [0.05, 0.1) is 0 Å². The van der Waals surface area contributed by atoms with Gasteiger partial charge in [-0.1, -0.05) is 139 Å². The van der Waals surface area contributed by atoms with Crippen molar-refractivity contribution >= 4 is 66.6 Å². The predicted octanol–water partition coefficient (Wildman–Crippen LogP) is 13.5. The number of rotatable bonds is 16. The number of fused-ring (bicyclic) bond motifs is 6. The summed E-state index contributed by atoms with van der Waals surface area (Å²) in [6.07, 6.45) is 13.0. The van der Waals surface area contributed by atoms with Gasteiger partial charge < -0.3 is 9.47 Å². The Kier molecular flexibility index (Phi) is 10.3. The van der Waals surface area contributed by atoms with Crippen molar-refractivity contribution < 1.29 is 28.7 Å². The van der Waals surface area contributed by atoms with E-state index in [0.717, 1.165) is 119 Å². The molecular weight excluding hydrogens is 721 g/mol. The second-order valence-corrected chi connectivity index (χ2v) is 16.1. The largest absolute Gasteiger partial charge is 0.426 e. The summed E-state index contributed by atoms with van der Waals surface area (Å²) in [7, 11) is 0. The first-order valence-corrected chi connectivity index (χ1v) is 21.4. The van der Waals surface area contributed by atoms with E-state index in [0.29, 0.717) is 44.5 Å². The second kappa shape index (κ2) is 15.8. The molecule has 7 aromatic carbocycles. The molecule has 0 heterocycles. The number of carbonyl (C=O) groups excluding carboxylic acids is 4. The zero-order valence-corrected chi connectivity index (χ0v) is 33.4. The molecule has 0 aromatic heterocycles. The number of hydrogen-bond acceptors (Lipinski definition) is 6. The van der Waals surface area contributed by atoms with E-state index in [-0.39, 0.29) is 36.3 Å². The van der Waals surface area contributed by atoms with E-state index in [1.807, 2.05) is 84.9 Å². The lowest BCUT2D eigenvalue weighted by Gasteiger charge is -2.27. The van der Waals surface area contributed by atoms with Crippen molar-refractivity contribution in [1.29, 1.82) is 0 Å². The van der Waals surface area contributed by atoms with E-state index in [4.69, 9.17) is 9.47 Å². The van der Waals surface area contributed by atoms with Crippen LogP contribution in [0, 0.1) is 0 Å². The highest BCUT2D eigenvalue weighted by molar-refractivity contribution is 6.43. The minimum atomic E-state index is -0.338. The number of ketones is 2. The lowest BCUT2D eigenvalue weighted by Crippen LogP contribution is -2.14. The Morgan fingerprint density at radius 1 is 0.397 bits per heavy atom.